The van der Waals surface area contributed by atoms with Crippen LogP contribution in [0.1, 0.15) is 34.9 Å². The molecule has 9 heteroatoms. The number of methoxy groups -OCH3 is 1. The molecule has 0 atom stereocenters. The summed E-state index contributed by atoms with van der Waals surface area (Å²) in [6.07, 6.45) is 1.57. The molecule has 0 bridgehead atoms. The number of aromatic nitrogens is 1. The van der Waals surface area contributed by atoms with Crippen molar-refractivity contribution < 1.29 is 14.2 Å². The van der Waals surface area contributed by atoms with Crippen LogP contribution >= 0.6 is 23.2 Å². The van der Waals surface area contributed by atoms with Gasteiger partial charge < -0.3 is 14.2 Å². The number of halogens is 2. The molecule has 0 aliphatic heterocycles. The molecule has 1 heterocycles. The summed E-state index contributed by atoms with van der Waals surface area (Å²) in [6, 6.07) is 14.8. The van der Waals surface area contributed by atoms with Crippen molar-refractivity contribution in [2.45, 2.75) is 27.1 Å². The van der Waals surface area contributed by atoms with E-state index in [1.807, 2.05) is 32.0 Å². The lowest BCUT2D eigenvalue weighted by Gasteiger charge is -2.14. The fraction of sp³-hybridized carbons (Fsp3) is 0.240. The van der Waals surface area contributed by atoms with Gasteiger partial charge in [0, 0.05) is 23.4 Å². The van der Waals surface area contributed by atoms with E-state index in [0.717, 1.165) is 16.8 Å². The van der Waals surface area contributed by atoms with Crippen molar-refractivity contribution in [3.05, 3.63) is 80.5 Å². The van der Waals surface area contributed by atoms with Gasteiger partial charge in [-0.3, -0.25) is 5.43 Å². The third-order valence-electron chi connectivity index (χ3n) is 4.65. The molecular weight excluding hydrogens is 475 g/mol. The predicted molar refractivity (Wildman–Crippen MR) is 134 cm³/mol. The quantitative estimate of drug-likeness (QED) is 0.266. The van der Waals surface area contributed by atoms with Gasteiger partial charge in [-0.05, 0) is 55.3 Å². The van der Waals surface area contributed by atoms with E-state index >= 15 is 0 Å². The second-order valence-corrected chi connectivity index (χ2v) is 8.08. The van der Waals surface area contributed by atoms with Crippen LogP contribution < -0.4 is 14.9 Å². The summed E-state index contributed by atoms with van der Waals surface area (Å²) in [4.78, 5) is 4.37. The molecule has 3 rings (SSSR count). The minimum atomic E-state index is 0.301. The average molecular weight is 499 g/mol. The van der Waals surface area contributed by atoms with Crippen LogP contribution in [0.25, 0.3) is 0 Å². The Labute approximate surface area is 208 Å². The number of nitrogens with one attached hydrogen (secondary N) is 1. The number of aryl methyl sites for hydroxylation is 1. The third kappa shape index (κ3) is 6.61. The van der Waals surface area contributed by atoms with Crippen LogP contribution in [-0.4, -0.2) is 24.9 Å². The van der Waals surface area contributed by atoms with E-state index in [1.54, 1.807) is 37.6 Å². The smallest absolute Gasteiger partial charge is 0.180 e. The third-order valence-corrected chi connectivity index (χ3v) is 5.19. The highest BCUT2D eigenvalue weighted by atomic mass is 35.5. The van der Waals surface area contributed by atoms with Gasteiger partial charge in [0.05, 0.1) is 24.5 Å². The first-order valence-corrected chi connectivity index (χ1v) is 11.2. The number of nitrogens with zero attached hydrogens (tertiary/aromatic N) is 3. The van der Waals surface area contributed by atoms with Crippen LogP contribution in [0.5, 0.6) is 11.5 Å². The van der Waals surface area contributed by atoms with Gasteiger partial charge in [0.25, 0.3) is 0 Å². The zero-order valence-electron chi connectivity index (χ0n) is 19.1. The number of nitriles is 1. The number of rotatable bonds is 10. The van der Waals surface area contributed by atoms with Crippen molar-refractivity contribution in [3.8, 4) is 17.6 Å². The van der Waals surface area contributed by atoms with Crippen molar-refractivity contribution in [1.29, 1.82) is 5.26 Å². The molecule has 0 radical (unpaired) electrons. The molecule has 0 amide bonds. The zero-order valence-corrected chi connectivity index (χ0v) is 20.6. The molecule has 0 saturated carbocycles. The highest BCUT2D eigenvalue weighted by molar-refractivity contribution is 6.32. The van der Waals surface area contributed by atoms with Gasteiger partial charge >= 0.3 is 0 Å². The molecule has 0 fully saturated rings. The van der Waals surface area contributed by atoms with Gasteiger partial charge in [0.1, 0.15) is 18.2 Å². The molecular formula is C25H24Cl2N4O3. The molecule has 2 aromatic carbocycles. The summed E-state index contributed by atoms with van der Waals surface area (Å²) in [7, 11) is 1.57. The lowest BCUT2D eigenvalue weighted by molar-refractivity contribution is 0.184. The van der Waals surface area contributed by atoms with E-state index in [9.17, 15) is 5.26 Å². The molecule has 0 unspecified atom stereocenters. The standard InChI is InChI=1S/C25H24Cl2N4O3/c1-4-33-23-11-18(10-22(27)24(23)34-14-17-5-7-20(26)8-6-17)13-29-31-25-21(12-28)19(15-32-3)9-16(2)30-25/h5-11,13H,4,14-15H2,1-3H3,(H,30,31)/b29-13-. The van der Waals surface area contributed by atoms with E-state index in [4.69, 9.17) is 37.4 Å². The molecule has 0 aliphatic rings. The second kappa shape index (κ2) is 12.2. The normalized spacial score (nSPS) is 10.8. The molecule has 0 saturated heterocycles. The Bertz CT molecular complexity index is 1210. The number of benzene rings is 2. The SMILES string of the molecule is CCOc1cc(/C=N\Nc2nc(C)cc(COC)c2C#N)cc(Cl)c1OCc1ccc(Cl)cc1. The number of ether oxygens (including phenoxy) is 3. The fourth-order valence-electron chi connectivity index (χ4n) is 3.19. The van der Waals surface area contributed by atoms with Crippen LogP contribution in [0.3, 0.4) is 0 Å². The van der Waals surface area contributed by atoms with Crippen molar-refractivity contribution in [3.63, 3.8) is 0 Å². The second-order valence-electron chi connectivity index (χ2n) is 7.24. The van der Waals surface area contributed by atoms with E-state index < -0.39 is 0 Å². The summed E-state index contributed by atoms with van der Waals surface area (Å²) in [5.41, 5.74) is 6.33. The van der Waals surface area contributed by atoms with Gasteiger partial charge in [-0.15, -0.1) is 0 Å². The maximum Gasteiger partial charge on any atom is 0.180 e. The van der Waals surface area contributed by atoms with E-state index in [-0.39, 0.29) is 0 Å². The Hall–Kier alpha value is -3.31. The number of hydrogen-bond donors (Lipinski definition) is 1. The molecule has 176 valence electrons. The maximum absolute atomic E-state index is 9.55. The first-order valence-electron chi connectivity index (χ1n) is 10.5. The minimum Gasteiger partial charge on any atom is -0.490 e. The van der Waals surface area contributed by atoms with Gasteiger partial charge in [0.15, 0.2) is 17.3 Å². The van der Waals surface area contributed by atoms with Gasteiger partial charge in [0.2, 0.25) is 0 Å². The molecule has 3 aromatic rings. The summed E-state index contributed by atoms with van der Waals surface area (Å²) >= 11 is 12.4. The Balaban J connectivity index is 1.80. The zero-order chi connectivity index (χ0) is 24.5. The van der Waals surface area contributed by atoms with Crippen LogP contribution in [0.15, 0.2) is 47.6 Å². The lowest BCUT2D eigenvalue weighted by Crippen LogP contribution is -2.04. The van der Waals surface area contributed by atoms with Gasteiger partial charge in [-0.2, -0.15) is 10.4 Å². The molecule has 7 nitrogen and oxygen atoms in total. The summed E-state index contributed by atoms with van der Waals surface area (Å²) in [5.74, 6) is 1.30. The van der Waals surface area contributed by atoms with Crippen molar-refractivity contribution in [2.24, 2.45) is 5.10 Å². The van der Waals surface area contributed by atoms with Crippen LogP contribution in [-0.2, 0) is 18.0 Å². The minimum absolute atomic E-state index is 0.301. The van der Waals surface area contributed by atoms with Crippen molar-refractivity contribution in [2.75, 3.05) is 19.1 Å². The Morgan fingerprint density at radius 3 is 2.56 bits per heavy atom. The molecule has 34 heavy (non-hydrogen) atoms. The monoisotopic (exact) mass is 498 g/mol. The predicted octanol–water partition coefficient (Wildman–Crippen LogP) is 6.14. The largest absolute Gasteiger partial charge is 0.490 e. The summed E-state index contributed by atoms with van der Waals surface area (Å²) in [6.45, 7) is 4.77. The van der Waals surface area contributed by atoms with Crippen LogP contribution in [0.4, 0.5) is 5.82 Å². The van der Waals surface area contributed by atoms with Crippen molar-refractivity contribution >= 4 is 35.2 Å². The van der Waals surface area contributed by atoms with Crippen LogP contribution in [0.2, 0.25) is 10.0 Å². The van der Waals surface area contributed by atoms with E-state index in [0.29, 0.717) is 58.3 Å². The maximum atomic E-state index is 9.55. The van der Waals surface area contributed by atoms with E-state index in [1.165, 1.54) is 0 Å². The summed E-state index contributed by atoms with van der Waals surface area (Å²) in [5, 5.41) is 14.8. The topological polar surface area (TPSA) is 88.8 Å². The number of hydrogen-bond acceptors (Lipinski definition) is 7. The van der Waals surface area contributed by atoms with Gasteiger partial charge in [-0.1, -0.05) is 35.3 Å². The molecule has 1 N–H and O–H groups in total. The first kappa shape index (κ1) is 25.3. The Kier molecular flexibility index (Phi) is 9.11. The Morgan fingerprint density at radius 2 is 1.88 bits per heavy atom. The number of anilines is 1. The lowest BCUT2D eigenvalue weighted by atomic mass is 10.1. The number of pyridine rings is 1. The first-order chi connectivity index (χ1) is 16.4. The molecule has 1 aromatic heterocycles. The highest BCUT2D eigenvalue weighted by Gasteiger charge is 2.14. The molecule has 0 spiro atoms. The molecule has 0 aliphatic carbocycles. The fourth-order valence-corrected chi connectivity index (χ4v) is 3.59. The highest BCUT2D eigenvalue weighted by Crippen LogP contribution is 2.37. The van der Waals surface area contributed by atoms with Crippen molar-refractivity contribution in [1.82, 2.24) is 4.98 Å². The average Bonchev–Trinajstić information content (AvgIpc) is 2.80. The number of hydrazone groups is 1. The Morgan fingerprint density at radius 1 is 1.12 bits per heavy atom. The van der Waals surface area contributed by atoms with Gasteiger partial charge in [-0.25, -0.2) is 4.98 Å². The van der Waals surface area contributed by atoms with E-state index in [2.05, 4.69) is 21.6 Å². The summed E-state index contributed by atoms with van der Waals surface area (Å²) < 4.78 is 16.9. The van der Waals surface area contributed by atoms with Crippen LogP contribution in [0, 0.1) is 18.3 Å².